The molecule has 114 valence electrons. The molecule has 0 fully saturated rings. The van der Waals surface area contributed by atoms with Gasteiger partial charge in [-0.25, -0.2) is 0 Å². The largest absolute Gasteiger partial charge is 0.352 e. The third kappa shape index (κ3) is 6.51. The van der Waals surface area contributed by atoms with E-state index in [1.165, 1.54) is 18.4 Å². The number of benzene rings is 1. The van der Waals surface area contributed by atoms with Gasteiger partial charge < -0.3 is 14.8 Å². The third-order valence-corrected chi connectivity index (χ3v) is 3.28. The Labute approximate surface area is 123 Å². The van der Waals surface area contributed by atoms with Gasteiger partial charge in [-0.05, 0) is 25.8 Å². The van der Waals surface area contributed by atoms with E-state index in [1.54, 1.807) is 0 Å². The van der Waals surface area contributed by atoms with Crippen molar-refractivity contribution in [1.82, 2.24) is 5.32 Å². The van der Waals surface area contributed by atoms with Gasteiger partial charge in [0.1, 0.15) is 0 Å². The molecule has 0 amide bonds. The van der Waals surface area contributed by atoms with E-state index in [0.29, 0.717) is 19.3 Å². The highest BCUT2D eigenvalue weighted by Gasteiger charge is 2.14. The van der Waals surface area contributed by atoms with Crippen LogP contribution in [0.1, 0.15) is 51.6 Å². The van der Waals surface area contributed by atoms with Crippen LogP contribution in [-0.2, 0) is 9.47 Å². The highest BCUT2D eigenvalue weighted by atomic mass is 16.7. The molecule has 20 heavy (non-hydrogen) atoms. The number of rotatable bonds is 11. The fraction of sp³-hybridized carbons (Fsp3) is 0.647. The van der Waals surface area contributed by atoms with E-state index in [2.05, 4.69) is 42.6 Å². The normalized spacial score (nSPS) is 12.8. The molecule has 1 rings (SSSR count). The van der Waals surface area contributed by atoms with Crippen LogP contribution in [0.5, 0.6) is 0 Å². The van der Waals surface area contributed by atoms with E-state index in [-0.39, 0.29) is 6.29 Å². The molecule has 0 saturated carbocycles. The molecule has 1 aromatic carbocycles. The van der Waals surface area contributed by atoms with E-state index in [1.807, 2.05) is 13.8 Å². The van der Waals surface area contributed by atoms with Crippen LogP contribution in [0.4, 0.5) is 0 Å². The minimum atomic E-state index is -0.155. The molecule has 0 radical (unpaired) electrons. The Bertz CT molecular complexity index is 323. The molecule has 1 N–H and O–H groups in total. The smallest absolute Gasteiger partial charge is 0.169 e. The van der Waals surface area contributed by atoms with Crippen molar-refractivity contribution in [1.29, 1.82) is 0 Å². The lowest BCUT2D eigenvalue weighted by Crippen LogP contribution is -2.34. The molecular formula is C17H29NO2. The first-order valence-corrected chi connectivity index (χ1v) is 7.83. The van der Waals surface area contributed by atoms with Crippen LogP contribution < -0.4 is 5.32 Å². The first-order valence-electron chi connectivity index (χ1n) is 7.83. The van der Waals surface area contributed by atoms with Gasteiger partial charge in [-0.2, -0.15) is 0 Å². The number of hydrogen-bond acceptors (Lipinski definition) is 3. The topological polar surface area (TPSA) is 30.5 Å². The van der Waals surface area contributed by atoms with E-state index >= 15 is 0 Å². The number of ether oxygens (including phenoxy) is 2. The van der Waals surface area contributed by atoms with E-state index in [0.717, 1.165) is 13.0 Å². The van der Waals surface area contributed by atoms with Gasteiger partial charge in [0, 0.05) is 25.8 Å². The van der Waals surface area contributed by atoms with Crippen molar-refractivity contribution in [2.75, 3.05) is 19.8 Å². The lowest BCUT2D eigenvalue weighted by Gasteiger charge is -2.23. The SMILES string of the molecule is CCCCC(NCC(OCC)OCC)c1ccccc1. The van der Waals surface area contributed by atoms with Crippen molar-refractivity contribution < 1.29 is 9.47 Å². The maximum Gasteiger partial charge on any atom is 0.169 e. The zero-order valence-corrected chi connectivity index (χ0v) is 13.1. The Morgan fingerprint density at radius 3 is 2.20 bits per heavy atom. The Morgan fingerprint density at radius 1 is 1.00 bits per heavy atom. The van der Waals surface area contributed by atoms with Crippen LogP contribution in [0.25, 0.3) is 0 Å². The quantitative estimate of drug-likeness (QED) is 0.623. The van der Waals surface area contributed by atoms with Gasteiger partial charge in [0.05, 0.1) is 0 Å². The molecule has 0 heterocycles. The number of hydrogen-bond donors (Lipinski definition) is 1. The van der Waals surface area contributed by atoms with Crippen LogP contribution in [0, 0.1) is 0 Å². The summed E-state index contributed by atoms with van der Waals surface area (Å²) in [4.78, 5) is 0. The Hall–Kier alpha value is -0.900. The highest BCUT2D eigenvalue weighted by Crippen LogP contribution is 2.19. The Morgan fingerprint density at radius 2 is 1.65 bits per heavy atom. The Balaban J connectivity index is 2.55. The summed E-state index contributed by atoms with van der Waals surface area (Å²) in [5.41, 5.74) is 1.34. The second kappa shape index (κ2) is 10.8. The molecule has 1 aromatic rings. The van der Waals surface area contributed by atoms with Crippen molar-refractivity contribution in [3.05, 3.63) is 35.9 Å². The van der Waals surface area contributed by atoms with Crippen LogP contribution >= 0.6 is 0 Å². The lowest BCUT2D eigenvalue weighted by atomic mass is 10.0. The summed E-state index contributed by atoms with van der Waals surface area (Å²) in [6.45, 7) is 8.31. The predicted octanol–water partition coefficient (Wildman–Crippen LogP) is 3.91. The molecule has 0 saturated heterocycles. The predicted molar refractivity (Wildman–Crippen MR) is 83.8 cm³/mol. The van der Waals surface area contributed by atoms with Gasteiger partial charge in [0.15, 0.2) is 6.29 Å². The van der Waals surface area contributed by atoms with Crippen molar-refractivity contribution in [3.8, 4) is 0 Å². The summed E-state index contributed by atoms with van der Waals surface area (Å²) in [6, 6.07) is 11.0. The van der Waals surface area contributed by atoms with Gasteiger partial charge >= 0.3 is 0 Å². The molecule has 0 aromatic heterocycles. The molecule has 1 atom stereocenters. The fourth-order valence-corrected chi connectivity index (χ4v) is 2.26. The van der Waals surface area contributed by atoms with Crippen LogP contribution in [0.15, 0.2) is 30.3 Å². The van der Waals surface area contributed by atoms with E-state index in [9.17, 15) is 0 Å². The number of nitrogens with one attached hydrogen (secondary N) is 1. The summed E-state index contributed by atoms with van der Waals surface area (Å²) >= 11 is 0. The second-order valence-corrected chi connectivity index (χ2v) is 4.85. The minimum Gasteiger partial charge on any atom is -0.352 e. The minimum absolute atomic E-state index is 0.155. The van der Waals surface area contributed by atoms with Gasteiger partial charge in [-0.3, -0.25) is 0 Å². The summed E-state index contributed by atoms with van der Waals surface area (Å²) < 4.78 is 11.2. The van der Waals surface area contributed by atoms with Crippen LogP contribution in [0.3, 0.4) is 0 Å². The standard InChI is InChI=1S/C17H29NO2/c1-4-7-13-16(15-11-9-8-10-12-15)18-14-17(19-5-2)20-6-3/h8-12,16-18H,4-7,13-14H2,1-3H3. The molecule has 0 aliphatic heterocycles. The van der Waals surface area contributed by atoms with Crippen LogP contribution in [0.2, 0.25) is 0 Å². The maximum atomic E-state index is 5.59. The van der Waals surface area contributed by atoms with Gasteiger partial charge in [0.25, 0.3) is 0 Å². The molecule has 3 nitrogen and oxygen atoms in total. The van der Waals surface area contributed by atoms with Crippen molar-refractivity contribution >= 4 is 0 Å². The lowest BCUT2D eigenvalue weighted by molar-refractivity contribution is -0.133. The molecule has 1 unspecified atom stereocenters. The van der Waals surface area contributed by atoms with Crippen molar-refractivity contribution in [3.63, 3.8) is 0 Å². The number of unbranched alkanes of at least 4 members (excludes halogenated alkanes) is 1. The molecule has 0 aliphatic rings. The average Bonchev–Trinajstić information content (AvgIpc) is 2.48. The van der Waals surface area contributed by atoms with E-state index in [4.69, 9.17) is 9.47 Å². The molecule has 0 spiro atoms. The molecule has 3 heteroatoms. The molecule has 0 bridgehead atoms. The second-order valence-electron chi connectivity index (χ2n) is 4.85. The first kappa shape index (κ1) is 17.2. The molecular weight excluding hydrogens is 250 g/mol. The van der Waals surface area contributed by atoms with Crippen molar-refractivity contribution in [2.45, 2.75) is 52.4 Å². The van der Waals surface area contributed by atoms with Crippen molar-refractivity contribution in [2.24, 2.45) is 0 Å². The van der Waals surface area contributed by atoms with Gasteiger partial charge in [-0.1, -0.05) is 50.1 Å². The zero-order chi connectivity index (χ0) is 14.6. The summed E-state index contributed by atoms with van der Waals surface area (Å²) in [5, 5.41) is 3.59. The van der Waals surface area contributed by atoms with E-state index < -0.39 is 0 Å². The fourth-order valence-electron chi connectivity index (χ4n) is 2.26. The summed E-state index contributed by atoms with van der Waals surface area (Å²) in [5.74, 6) is 0. The zero-order valence-electron chi connectivity index (χ0n) is 13.1. The summed E-state index contributed by atoms with van der Waals surface area (Å²) in [7, 11) is 0. The third-order valence-electron chi connectivity index (χ3n) is 3.28. The van der Waals surface area contributed by atoms with Crippen LogP contribution in [-0.4, -0.2) is 26.0 Å². The van der Waals surface area contributed by atoms with Gasteiger partial charge in [-0.15, -0.1) is 0 Å². The first-order chi connectivity index (χ1) is 9.81. The maximum absolute atomic E-state index is 5.59. The molecule has 0 aliphatic carbocycles. The summed E-state index contributed by atoms with van der Waals surface area (Å²) in [6.07, 6.45) is 3.43. The van der Waals surface area contributed by atoms with Gasteiger partial charge in [0.2, 0.25) is 0 Å². The Kier molecular flexibility index (Phi) is 9.29. The monoisotopic (exact) mass is 279 g/mol. The highest BCUT2D eigenvalue weighted by molar-refractivity contribution is 5.18. The average molecular weight is 279 g/mol.